The molecule has 0 aromatic carbocycles. The molecule has 0 fully saturated rings. The van der Waals surface area contributed by atoms with Gasteiger partial charge < -0.3 is 11.1 Å². The summed E-state index contributed by atoms with van der Waals surface area (Å²) in [5, 5.41) is 9.96. The van der Waals surface area contributed by atoms with Crippen LogP contribution >= 0.6 is 0 Å². The van der Waals surface area contributed by atoms with Crippen molar-refractivity contribution in [2.24, 2.45) is 5.73 Å². The Kier molecular flexibility index (Phi) is 6.14. The number of ketones is 1. The van der Waals surface area contributed by atoms with Gasteiger partial charge in [0.2, 0.25) is 0 Å². The van der Waals surface area contributed by atoms with Crippen LogP contribution in [0.1, 0.15) is 32.6 Å². The van der Waals surface area contributed by atoms with Crippen LogP contribution in [0, 0.1) is 5.41 Å². The number of hydrogen-bond donors (Lipinski definition) is 3. The Morgan fingerprint density at radius 3 is 2.54 bits per heavy atom. The molecule has 0 radical (unpaired) electrons. The predicted octanol–water partition coefficient (Wildman–Crippen LogP) is 0.660. The van der Waals surface area contributed by atoms with Crippen molar-refractivity contribution in [1.82, 2.24) is 5.32 Å². The van der Waals surface area contributed by atoms with Crippen LogP contribution in [0.4, 0.5) is 0 Å². The zero-order valence-electron chi connectivity index (χ0n) is 8.39. The molecule has 13 heavy (non-hydrogen) atoms. The van der Waals surface area contributed by atoms with Gasteiger partial charge in [-0.15, -0.1) is 0 Å². The fourth-order valence-electron chi connectivity index (χ4n) is 1.21. The molecule has 0 spiro atoms. The summed E-state index contributed by atoms with van der Waals surface area (Å²) in [6, 6.07) is -0.0352. The van der Waals surface area contributed by atoms with E-state index >= 15 is 0 Å². The molecule has 0 bridgehead atoms. The summed E-state index contributed by atoms with van der Waals surface area (Å²) in [6.07, 6.45) is 3.29. The molecule has 76 valence electrons. The lowest BCUT2D eigenvalue weighted by Crippen LogP contribution is -2.32. The summed E-state index contributed by atoms with van der Waals surface area (Å²) in [4.78, 5) is 11.0. The number of nitrogens with two attached hydrogens (primary N) is 1. The first-order chi connectivity index (χ1) is 6.07. The molecule has 4 N–H and O–H groups in total. The van der Waals surface area contributed by atoms with E-state index in [0.717, 1.165) is 19.3 Å². The zero-order valence-corrected chi connectivity index (χ0v) is 8.39. The van der Waals surface area contributed by atoms with Crippen LogP contribution in [0.2, 0.25) is 0 Å². The van der Waals surface area contributed by atoms with Crippen molar-refractivity contribution in [3.8, 4) is 0 Å². The van der Waals surface area contributed by atoms with Crippen molar-refractivity contribution in [3.63, 3.8) is 0 Å². The summed E-state index contributed by atoms with van der Waals surface area (Å²) < 4.78 is 0. The average Bonchev–Trinajstić information content (AvgIpc) is 2.03. The van der Waals surface area contributed by atoms with Gasteiger partial charge in [0, 0.05) is 6.42 Å². The number of carbonyl (C=O) groups is 1. The van der Waals surface area contributed by atoms with E-state index in [2.05, 4.69) is 5.32 Å². The van der Waals surface area contributed by atoms with Crippen LogP contribution in [0.3, 0.4) is 0 Å². The molecule has 0 aromatic heterocycles. The highest BCUT2D eigenvalue weighted by molar-refractivity contribution is 5.81. The van der Waals surface area contributed by atoms with Gasteiger partial charge in [-0.2, -0.15) is 0 Å². The van der Waals surface area contributed by atoms with Gasteiger partial charge in [-0.05, 0) is 26.8 Å². The third-order valence-corrected chi connectivity index (χ3v) is 2.03. The van der Waals surface area contributed by atoms with Crippen molar-refractivity contribution < 1.29 is 4.79 Å². The van der Waals surface area contributed by atoms with Crippen LogP contribution in [-0.2, 0) is 4.79 Å². The van der Waals surface area contributed by atoms with Crippen molar-refractivity contribution in [2.45, 2.75) is 38.6 Å². The maximum absolute atomic E-state index is 11.0. The molecule has 0 rings (SSSR count). The first-order valence-electron chi connectivity index (χ1n) is 4.58. The second-order valence-corrected chi connectivity index (χ2v) is 3.22. The topological polar surface area (TPSA) is 79.0 Å². The Labute approximate surface area is 79.4 Å². The van der Waals surface area contributed by atoms with E-state index < -0.39 is 0 Å². The minimum Gasteiger partial charge on any atom is -0.388 e. The molecule has 1 atom stereocenters. The maximum atomic E-state index is 11.0. The van der Waals surface area contributed by atoms with E-state index in [0.29, 0.717) is 6.42 Å². The van der Waals surface area contributed by atoms with Crippen LogP contribution in [0.15, 0.2) is 0 Å². The highest BCUT2D eigenvalue weighted by atomic mass is 16.1. The summed E-state index contributed by atoms with van der Waals surface area (Å²) >= 11 is 0. The lowest BCUT2D eigenvalue weighted by atomic mass is 10.1. The molecule has 0 aliphatic carbocycles. The summed E-state index contributed by atoms with van der Waals surface area (Å²) in [6.45, 7) is 1.59. The Morgan fingerprint density at radius 1 is 1.54 bits per heavy atom. The third-order valence-electron chi connectivity index (χ3n) is 2.03. The van der Waals surface area contributed by atoms with Gasteiger partial charge >= 0.3 is 0 Å². The van der Waals surface area contributed by atoms with Gasteiger partial charge in [0.15, 0.2) is 0 Å². The van der Waals surface area contributed by atoms with E-state index in [1.807, 2.05) is 0 Å². The molecule has 0 heterocycles. The van der Waals surface area contributed by atoms with Crippen molar-refractivity contribution in [2.75, 3.05) is 7.05 Å². The largest absolute Gasteiger partial charge is 0.388 e. The highest BCUT2D eigenvalue weighted by Gasteiger charge is 2.09. The fourth-order valence-corrected chi connectivity index (χ4v) is 1.21. The molecular formula is C9H19N3O. The van der Waals surface area contributed by atoms with Gasteiger partial charge in [0.25, 0.3) is 0 Å². The molecule has 0 aliphatic rings. The SMILES string of the molecule is CN[C@H](CCCCC(=N)N)C(C)=O. The number of amidine groups is 1. The van der Waals surface area contributed by atoms with Gasteiger partial charge in [-0.25, -0.2) is 0 Å². The van der Waals surface area contributed by atoms with Crippen LogP contribution in [-0.4, -0.2) is 24.7 Å². The van der Waals surface area contributed by atoms with Crippen LogP contribution in [0.5, 0.6) is 0 Å². The normalized spacial score (nSPS) is 12.5. The fraction of sp³-hybridized carbons (Fsp3) is 0.778. The van der Waals surface area contributed by atoms with Gasteiger partial charge in [-0.1, -0.05) is 6.42 Å². The summed E-state index contributed by atoms with van der Waals surface area (Å²) in [5.41, 5.74) is 5.20. The van der Waals surface area contributed by atoms with E-state index in [1.165, 1.54) is 0 Å². The molecule has 4 heteroatoms. The number of Topliss-reactive ketones (excluding diaryl/α,β-unsaturated/α-hetero) is 1. The van der Waals surface area contributed by atoms with E-state index in [9.17, 15) is 4.79 Å². The molecule has 0 saturated heterocycles. The first kappa shape index (κ1) is 12.1. The second kappa shape index (κ2) is 6.60. The Bertz CT molecular complexity index is 180. The smallest absolute Gasteiger partial charge is 0.146 e. The average molecular weight is 185 g/mol. The molecule has 0 aliphatic heterocycles. The van der Waals surface area contributed by atoms with Gasteiger partial charge in [0.1, 0.15) is 5.78 Å². The molecular weight excluding hydrogens is 166 g/mol. The standard InChI is InChI=1S/C9H19N3O/c1-7(13)8(12-2)5-3-4-6-9(10)11/h8,12H,3-6H2,1-2H3,(H3,10,11)/t8-/m1/s1. The number of hydrogen-bond acceptors (Lipinski definition) is 3. The van der Waals surface area contributed by atoms with Gasteiger partial charge in [-0.3, -0.25) is 10.2 Å². The Balaban J connectivity index is 3.50. The van der Waals surface area contributed by atoms with E-state index in [4.69, 9.17) is 11.1 Å². The number of carbonyl (C=O) groups excluding carboxylic acids is 1. The van der Waals surface area contributed by atoms with Crippen molar-refractivity contribution in [3.05, 3.63) is 0 Å². The molecule has 0 saturated carbocycles. The minimum absolute atomic E-state index is 0.0352. The number of nitrogens with one attached hydrogen (secondary N) is 2. The van der Waals surface area contributed by atoms with Crippen molar-refractivity contribution >= 4 is 11.6 Å². The maximum Gasteiger partial charge on any atom is 0.146 e. The van der Waals surface area contributed by atoms with Crippen LogP contribution < -0.4 is 11.1 Å². The lowest BCUT2D eigenvalue weighted by molar-refractivity contribution is -0.119. The minimum atomic E-state index is -0.0352. The molecule has 4 nitrogen and oxygen atoms in total. The van der Waals surface area contributed by atoms with Crippen LogP contribution in [0.25, 0.3) is 0 Å². The third kappa shape index (κ3) is 6.28. The zero-order chi connectivity index (χ0) is 10.3. The molecule has 0 aromatic rings. The Morgan fingerprint density at radius 2 is 2.15 bits per heavy atom. The molecule has 0 unspecified atom stereocenters. The predicted molar refractivity (Wildman–Crippen MR) is 53.9 cm³/mol. The van der Waals surface area contributed by atoms with Crippen molar-refractivity contribution in [1.29, 1.82) is 5.41 Å². The monoisotopic (exact) mass is 185 g/mol. The number of likely N-dealkylation sites (N-methyl/N-ethyl adjacent to an activating group) is 1. The second-order valence-electron chi connectivity index (χ2n) is 3.22. The summed E-state index contributed by atoms with van der Waals surface area (Å²) in [7, 11) is 1.79. The number of unbranched alkanes of at least 4 members (excludes halogenated alkanes) is 1. The van der Waals surface area contributed by atoms with E-state index in [-0.39, 0.29) is 17.7 Å². The lowest BCUT2D eigenvalue weighted by Gasteiger charge is -2.11. The number of rotatable bonds is 7. The van der Waals surface area contributed by atoms with Gasteiger partial charge in [0.05, 0.1) is 11.9 Å². The summed E-state index contributed by atoms with van der Waals surface area (Å²) in [5.74, 6) is 0.397. The first-order valence-corrected chi connectivity index (χ1v) is 4.58. The molecule has 0 amide bonds. The quantitative estimate of drug-likeness (QED) is 0.310. The highest BCUT2D eigenvalue weighted by Crippen LogP contribution is 2.03. The Hall–Kier alpha value is -0.900. The van der Waals surface area contributed by atoms with E-state index in [1.54, 1.807) is 14.0 Å².